The molecule has 1 atom stereocenters. The second kappa shape index (κ2) is 13.4. The molecular formula is C24H37N3O6. The molecule has 0 bridgehead atoms. The fourth-order valence-corrected chi connectivity index (χ4v) is 3.19. The summed E-state index contributed by atoms with van der Waals surface area (Å²) in [7, 11) is 1.38. The zero-order valence-corrected chi connectivity index (χ0v) is 20.3. The fraction of sp³-hybridized carbons (Fsp3) is 0.583. The lowest BCUT2D eigenvalue weighted by Gasteiger charge is -2.23. The van der Waals surface area contributed by atoms with E-state index in [2.05, 4.69) is 15.4 Å². The molecular weight excluding hydrogens is 426 g/mol. The zero-order valence-electron chi connectivity index (χ0n) is 20.3. The minimum absolute atomic E-state index is 0.0548. The molecule has 1 aromatic carbocycles. The van der Waals surface area contributed by atoms with Crippen LogP contribution in [0.3, 0.4) is 0 Å². The lowest BCUT2D eigenvalue weighted by Crippen LogP contribution is -2.46. The summed E-state index contributed by atoms with van der Waals surface area (Å²) in [5, 5.41) is 5.34. The van der Waals surface area contributed by atoms with Crippen LogP contribution in [0.5, 0.6) is 0 Å². The van der Waals surface area contributed by atoms with Gasteiger partial charge in [0.1, 0.15) is 11.6 Å². The van der Waals surface area contributed by atoms with E-state index in [-0.39, 0.29) is 18.8 Å². The molecule has 0 aliphatic heterocycles. The summed E-state index contributed by atoms with van der Waals surface area (Å²) in [4.78, 5) is 47.4. The predicted octanol–water partition coefficient (Wildman–Crippen LogP) is 3.37. The Kier molecular flexibility index (Phi) is 11.4. The number of alkyl carbamates (subject to hydrolysis) is 1. The summed E-state index contributed by atoms with van der Waals surface area (Å²) in [6.45, 7) is 7.08. The Balaban J connectivity index is 2.77. The number of benzene rings is 1. The SMILES string of the molecule is COC(=O)CCCCCc1cc(C)cc(NC(=O)[C@H](CCC(N)=O)NC(=O)OC(C)(C)C)c1. The number of amides is 3. The van der Waals surface area contributed by atoms with Crippen molar-refractivity contribution in [2.45, 2.75) is 84.3 Å². The molecule has 0 saturated carbocycles. The Bertz CT molecular complexity index is 832. The number of rotatable bonds is 12. The van der Waals surface area contributed by atoms with Gasteiger partial charge in [0.25, 0.3) is 0 Å². The van der Waals surface area contributed by atoms with Crippen molar-refractivity contribution in [2.75, 3.05) is 12.4 Å². The maximum atomic E-state index is 12.9. The van der Waals surface area contributed by atoms with Gasteiger partial charge in [0, 0.05) is 18.5 Å². The third kappa shape index (κ3) is 12.5. The molecule has 184 valence electrons. The average molecular weight is 464 g/mol. The quantitative estimate of drug-likeness (QED) is 0.321. The molecule has 0 aliphatic carbocycles. The summed E-state index contributed by atoms with van der Waals surface area (Å²) in [5.74, 6) is -1.23. The Hall–Kier alpha value is -3.10. The van der Waals surface area contributed by atoms with Crippen LogP contribution in [0.1, 0.15) is 70.4 Å². The number of carbonyl (C=O) groups is 4. The van der Waals surface area contributed by atoms with Gasteiger partial charge in [-0.25, -0.2) is 4.79 Å². The Morgan fingerprint density at radius 2 is 1.73 bits per heavy atom. The zero-order chi connectivity index (χ0) is 25.0. The molecule has 1 rings (SSSR count). The molecule has 4 N–H and O–H groups in total. The molecule has 0 heterocycles. The van der Waals surface area contributed by atoms with Crippen LogP contribution >= 0.6 is 0 Å². The summed E-state index contributed by atoms with van der Waals surface area (Å²) in [5.41, 5.74) is 7.12. The van der Waals surface area contributed by atoms with E-state index in [4.69, 9.17) is 10.5 Å². The summed E-state index contributed by atoms with van der Waals surface area (Å²) in [6, 6.07) is 4.77. The summed E-state index contributed by atoms with van der Waals surface area (Å²) in [6.07, 6.45) is 3.01. The van der Waals surface area contributed by atoms with Gasteiger partial charge in [0.05, 0.1) is 7.11 Å². The van der Waals surface area contributed by atoms with E-state index in [1.54, 1.807) is 20.8 Å². The van der Waals surface area contributed by atoms with Gasteiger partial charge in [0.2, 0.25) is 11.8 Å². The molecule has 0 aliphatic rings. The maximum absolute atomic E-state index is 12.9. The van der Waals surface area contributed by atoms with E-state index in [0.717, 1.165) is 36.8 Å². The summed E-state index contributed by atoms with van der Waals surface area (Å²) < 4.78 is 9.87. The molecule has 0 aromatic heterocycles. The first kappa shape index (κ1) is 27.9. The van der Waals surface area contributed by atoms with Crippen molar-refractivity contribution in [3.8, 4) is 0 Å². The van der Waals surface area contributed by atoms with Crippen LogP contribution in [0.25, 0.3) is 0 Å². The molecule has 3 amide bonds. The average Bonchev–Trinajstić information content (AvgIpc) is 2.68. The van der Waals surface area contributed by atoms with Crippen molar-refractivity contribution in [3.05, 3.63) is 29.3 Å². The predicted molar refractivity (Wildman–Crippen MR) is 126 cm³/mol. The second-order valence-electron chi connectivity index (χ2n) is 9.04. The number of primary amides is 1. The number of hydrogen-bond acceptors (Lipinski definition) is 6. The van der Waals surface area contributed by atoms with Gasteiger partial charge in [-0.3, -0.25) is 14.4 Å². The highest BCUT2D eigenvalue weighted by atomic mass is 16.6. The van der Waals surface area contributed by atoms with E-state index < -0.39 is 29.6 Å². The first-order chi connectivity index (χ1) is 15.4. The molecule has 0 saturated heterocycles. The molecule has 0 spiro atoms. The van der Waals surface area contributed by atoms with Crippen LogP contribution in [0, 0.1) is 6.92 Å². The summed E-state index contributed by atoms with van der Waals surface area (Å²) >= 11 is 0. The van der Waals surface area contributed by atoms with Crippen LogP contribution in [0.4, 0.5) is 10.5 Å². The Labute approximate surface area is 195 Å². The van der Waals surface area contributed by atoms with E-state index in [1.165, 1.54) is 7.11 Å². The number of anilines is 1. The number of nitrogens with one attached hydrogen (secondary N) is 2. The van der Waals surface area contributed by atoms with Crippen molar-refractivity contribution >= 4 is 29.6 Å². The van der Waals surface area contributed by atoms with Gasteiger partial charge in [-0.15, -0.1) is 0 Å². The Morgan fingerprint density at radius 1 is 1.03 bits per heavy atom. The number of methoxy groups -OCH3 is 1. The highest BCUT2D eigenvalue weighted by Crippen LogP contribution is 2.18. The van der Waals surface area contributed by atoms with Gasteiger partial charge >= 0.3 is 12.1 Å². The molecule has 0 fully saturated rings. The third-order valence-corrected chi connectivity index (χ3v) is 4.67. The van der Waals surface area contributed by atoms with E-state index in [9.17, 15) is 19.2 Å². The largest absolute Gasteiger partial charge is 0.469 e. The number of hydrogen-bond donors (Lipinski definition) is 3. The maximum Gasteiger partial charge on any atom is 0.408 e. The number of ether oxygens (including phenoxy) is 2. The van der Waals surface area contributed by atoms with Crippen molar-refractivity contribution in [1.29, 1.82) is 0 Å². The smallest absolute Gasteiger partial charge is 0.408 e. The number of carbonyl (C=O) groups excluding carboxylic acids is 4. The van der Waals surface area contributed by atoms with Crippen LogP contribution in [0.2, 0.25) is 0 Å². The van der Waals surface area contributed by atoms with Crippen LogP contribution < -0.4 is 16.4 Å². The van der Waals surface area contributed by atoms with E-state index in [1.807, 2.05) is 25.1 Å². The normalized spacial score (nSPS) is 11.9. The van der Waals surface area contributed by atoms with E-state index >= 15 is 0 Å². The lowest BCUT2D eigenvalue weighted by atomic mass is 10.0. The fourth-order valence-electron chi connectivity index (χ4n) is 3.19. The van der Waals surface area contributed by atoms with Gasteiger partial charge < -0.3 is 25.8 Å². The lowest BCUT2D eigenvalue weighted by molar-refractivity contribution is -0.140. The number of nitrogens with two attached hydrogens (primary N) is 1. The van der Waals surface area contributed by atoms with Gasteiger partial charge in [-0.2, -0.15) is 0 Å². The number of unbranched alkanes of at least 4 members (excludes halogenated alkanes) is 2. The molecule has 0 unspecified atom stereocenters. The molecule has 9 heteroatoms. The van der Waals surface area contributed by atoms with Crippen molar-refractivity contribution < 1.29 is 28.7 Å². The topological polar surface area (TPSA) is 137 Å². The minimum Gasteiger partial charge on any atom is -0.469 e. The first-order valence-corrected chi connectivity index (χ1v) is 11.2. The van der Waals surface area contributed by atoms with Crippen molar-refractivity contribution in [3.63, 3.8) is 0 Å². The van der Waals surface area contributed by atoms with Gasteiger partial charge in [-0.05, 0) is 76.6 Å². The van der Waals surface area contributed by atoms with Crippen molar-refractivity contribution in [1.82, 2.24) is 5.32 Å². The minimum atomic E-state index is -0.977. The third-order valence-electron chi connectivity index (χ3n) is 4.67. The highest BCUT2D eigenvalue weighted by Gasteiger charge is 2.25. The molecule has 0 radical (unpaired) electrons. The Morgan fingerprint density at radius 3 is 2.33 bits per heavy atom. The monoisotopic (exact) mass is 463 g/mol. The van der Waals surface area contributed by atoms with Crippen LogP contribution in [-0.4, -0.2) is 42.6 Å². The van der Waals surface area contributed by atoms with E-state index in [0.29, 0.717) is 12.1 Å². The van der Waals surface area contributed by atoms with Gasteiger partial charge in [0.15, 0.2) is 0 Å². The molecule has 1 aromatic rings. The standard InChI is InChI=1S/C24H37N3O6/c1-16-13-17(9-7-6-8-10-21(29)32-5)15-18(14-16)26-22(30)19(11-12-20(25)28)27-23(31)33-24(2,3)4/h13-15,19H,6-12H2,1-5H3,(H2,25,28)(H,26,30)(H,27,31)/t19-/m0/s1. The van der Waals surface area contributed by atoms with Gasteiger partial charge in [-0.1, -0.05) is 12.5 Å². The highest BCUT2D eigenvalue weighted by molar-refractivity contribution is 5.97. The van der Waals surface area contributed by atoms with Crippen molar-refractivity contribution in [2.24, 2.45) is 5.73 Å². The second-order valence-corrected chi connectivity index (χ2v) is 9.04. The molecule has 33 heavy (non-hydrogen) atoms. The number of aryl methyl sites for hydroxylation is 2. The number of esters is 1. The van der Waals surface area contributed by atoms with Crippen LogP contribution in [-0.2, 0) is 30.3 Å². The van der Waals surface area contributed by atoms with Crippen LogP contribution in [0.15, 0.2) is 18.2 Å². The first-order valence-electron chi connectivity index (χ1n) is 11.2. The molecule has 9 nitrogen and oxygen atoms in total.